The van der Waals surface area contributed by atoms with E-state index in [4.69, 9.17) is 11.6 Å². The van der Waals surface area contributed by atoms with E-state index >= 15 is 0 Å². The highest BCUT2D eigenvalue weighted by atomic mass is 35.5. The number of nitrogens with zero attached hydrogens (tertiary/aromatic N) is 1. The molecule has 1 atom stereocenters. The van der Waals surface area contributed by atoms with E-state index in [-0.39, 0.29) is 11.9 Å². The van der Waals surface area contributed by atoms with Gasteiger partial charge >= 0.3 is 0 Å². The van der Waals surface area contributed by atoms with Crippen LogP contribution in [-0.4, -0.2) is 12.0 Å². The minimum atomic E-state index is -0.349. The fraction of sp³-hybridized carbons (Fsp3) is 0.214. The van der Waals surface area contributed by atoms with Crippen molar-refractivity contribution in [1.82, 2.24) is 10.3 Å². The minimum Gasteiger partial charge on any atom is -0.308 e. The lowest BCUT2D eigenvalue weighted by Gasteiger charge is -2.18. The Morgan fingerprint density at radius 3 is 2.78 bits per heavy atom. The van der Waals surface area contributed by atoms with Crippen LogP contribution in [0.2, 0.25) is 5.02 Å². The number of hydrogen-bond donors (Lipinski definition) is 1. The molecule has 0 fully saturated rings. The fourth-order valence-electron chi connectivity index (χ4n) is 1.93. The molecule has 4 heteroatoms. The van der Waals surface area contributed by atoms with Gasteiger partial charge in [0.05, 0.1) is 16.8 Å². The first-order valence-corrected chi connectivity index (χ1v) is 6.05. The lowest BCUT2D eigenvalue weighted by atomic mass is 10.0. The molecule has 0 saturated heterocycles. The number of hydrogen-bond acceptors (Lipinski definition) is 2. The van der Waals surface area contributed by atoms with Crippen molar-refractivity contribution in [2.75, 3.05) is 7.05 Å². The van der Waals surface area contributed by atoms with E-state index < -0.39 is 0 Å². The second kappa shape index (κ2) is 5.46. The standard InChI is InChI=1S/C14H14ClFN2/c1-9-5-6-12(16)10(8-9)13(17-2)14-11(15)4-3-7-18-14/h3-8,13,17H,1-2H3. The number of aryl methyl sites for hydroxylation is 1. The van der Waals surface area contributed by atoms with E-state index in [0.29, 0.717) is 16.3 Å². The quantitative estimate of drug-likeness (QED) is 0.918. The van der Waals surface area contributed by atoms with Gasteiger partial charge in [0.15, 0.2) is 0 Å². The maximum absolute atomic E-state index is 13.9. The van der Waals surface area contributed by atoms with Gasteiger partial charge in [-0.05, 0) is 32.2 Å². The maximum Gasteiger partial charge on any atom is 0.128 e. The number of aromatic nitrogens is 1. The average molecular weight is 265 g/mol. The highest BCUT2D eigenvalue weighted by Crippen LogP contribution is 2.28. The zero-order valence-electron chi connectivity index (χ0n) is 10.2. The molecule has 0 saturated carbocycles. The number of pyridine rings is 1. The van der Waals surface area contributed by atoms with Gasteiger partial charge in [0.25, 0.3) is 0 Å². The highest BCUT2D eigenvalue weighted by Gasteiger charge is 2.19. The molecular formula is C14H14ClFN2. The third kappa shape index (κ3) is 2.52. The second-order valence-corrected chi connectivity index (χ2v) is 4.52. The van der Waals surface area contributed by atoms with E-state index in [2.05, 4.69) is 10.3 Å². The highest BCUT2D eigenvalue weighted by molar-refractivity contribution is 6.31. The van der Waals surface area contributed by atoms with Crippen molar-refractivity contribution in [2.45, 2.75) is 13.0 Å². The Morgan fingerprint density at radius 1 is 1.33 bits per heavy atom. The van der Waals surface area contributed by atoms with Crippen LogP contribution in [0.1, 0.15) is 22.9 Å². The first-order valence-electron chi connectivity index (χ1n) is 5.67. The topological polar surface area (TPSA) is 24.9 Å². The summed E-state index contributed by atoms with van der Waals surface area (Å²) in [6.07, 6.45) is 1.65. The van der Waals surface area contributed by atoms with Crippen molar-refractivity contribution < 1.29 is 4.39 Å². The SMILES string of the molecule is CNC(c1cc(C)ccc1F)c1ncccc1Cl. The molecular weight excluding hydrogens is 251 g/mol. The van der Waals surface area contributed by atoms with Crippen molar-refractivity contribution in [3.63, 3.8) is 0 Å². The van der Waals surface area contributed by atoms with Gasteiger partial charge in [-0.1, -0.05) is 29.3 Å². The van der Waals surface area contributed by atoms with Gasteiger partial charge in [0.2, 0.25) is 0 Å². The number of nitrogens with one attached hydrogen (secondary N) is 1. The van der Waals surface area contributed by atoms with E-state index in [1.54, 1.807) is 31.4 Å². The average Bonchev–Trinajstić information content (AvgIpc) is 2.36. The summed E-state index contributed by atoms with van der Waals surface area (Å²) >= 11 is 6.11. The summed E-state index contributed by atoms with van der Waals surface area (Å²) in [5.74, 6) is -0.262. The van der Waals surface area contributed by atoms with Crippen LogP contribution in [0.5, 0.6) is 0 Å². The zero-order chi connectivity index (χ0) is 13.1. The number of halogens is 2. The van der Waals surface area contributed by atoms with Crippen LogP contribution in [-0.2, 0) is 0 Å². The van der Waals surface area contributed by atoms with E-state index in [1.807, 2.05) is 13.0 Å². The summed E-state index contributed by atoms with van der Waals surface area (Å²) in [5, 5.41) is 3.58. The van der Waals surface area contributed by atoms with Crippen molar-refractivity contribution >= 4 is 11.6 Å². The molecule has 0 bridgehead atoms. The summed E-state index contributed by atoms with van der Waals surface area (Å²) in [5.41, 5.74) is 2.18. The Bertz CT molecular complexity index is 557. The molecule has 0 radical (unpaired) electrons. The Hall–Kier alpha value is -1.45. The van der Waals surface area contributed by atoms with Gasteiger partial charge in [-0.2, -0.15) is 0 Å². The van der Waals surface area contributed by atoms with Gasteiger partial charge in [-0.15, -0.1) is 0 Å². The Balaban J connectivity index is 2.52. The zero-order valence-corrected chi connectivity index (χ0v) is 11.0. The molecule has 1 aromatic carbocycles. The molecule has 2 rings (SSSR count). The first kappa shape index (κ1) is 13.0. The molecule has 1 unspecified atom stereocenters. The summed E-state index contributed by atoms with van der Waals surface area (Å²) in [7, 11) is 1.76. The van der Waals surface area contributed by atoms with Crippen molar-refractivity contribution in [1.29, 1.82) is 0 Å². The van der Waals surface area contributed by atoms with E-state index in [9.17, 15) is 4.39 Å². The molecule has 0 aliphatic heterocycles. The third-order valence-corrected chi connectivity index (χ3v) is 3.13. The normalized spacial score (nSPS) is 12.4. The molecule has 1 aromatic heterocycles. The molecule has 18 heavy (non-hydrogen) atoms. The third-order valence-electron chi connectivity index (χ3n) is 2.81. The van der Waals surface area contributed by atoms with Gasteiger partial charge < -0.3 is 5.32 Å². The van der Waals surface area contributed by atoms with Crippen LogP contribution in [0.25, 0.3) is 0 Å². The molecule has 0 spiro atoms. The summed E-state index contributed by atoms with van der Waals surface area (Å²) in [4.78, 5) is 4.24. The van der Waals surface area contributed by atoms with Crippen molar-refractivity contribution in [3.05, 3.63) is 64.2 Å². The van der Waals surface area contributed by atoms with Gasteiger partial charge in [0, 0.05) is 11.8 Å². The molecule has 2 aromatic rings. The Kier molecular flexibility index (Phi) is 3.94. The monoisotopic (exact) mass is 264 g/mol. The van der Waals surface area contributed by atoms with E-state index in [0.717, 1.165) is 5.56 Å². The van der Waals surface area contributed by atoms with Gasteiger partial charge in [-0.25, -0.2) is 4.39 Å². The molecule has 0 amide bonds. The summed E-state index contributed by atoms with van der Waals surface area (Å²) in [6.45, 7) is 1.93. The smallest absolute Gasteiger partial charge is 0.128 e. The maximum atomic E-state index is 13.9. The van der Waals surface area contributed by atoms with Gasteiger partial charge in [0.1, 0.15) is 5.82 Å². The van der Waals surface area contributed by atoms with Crippen LogP contribution in [0.15, 0.2) is 36.5 Å². The van der Waals surface area contributed by atoms with Crippen LogP contribution >= 0.6 is 11.6 Å². The lowest BCUT2D eigenvalue weighted by Crippen LogP contribution is -2.20. The predicted octanol–water partition coefficient (Wildman–Crippen LogP) is 3.49. The number of benzene rings is 1. The molecule has 2 nitrogen and oxygen atoms in total. The summed E-state index contributed by atoms with van der Waals surface area (Å²) < 4.78 is 13.9. The fourth-order valence-corrected chi connectivity index (χ4v) is 2.16. The van der Waals surface area contributed by atoms with Crippen LogP contribution in [0, 0.1) is 12.7 Å². The molecule has 0 aliphatic carbocycles. The molecule has 1 heterocycles. The second-order valence-electron chi connectivity index (χ2n) is 4.12. The van der Waals surface area contributed by atoms with Crippen LogP contribution in [0.3, 0.4) is 0 Å². The van der Waals surface area contributed by atoms with Crippen molar-refractivity contribution in [2.24, 2.45) is 0 Å². The van der Waals surface area contributed by atoms with Crippen molar-refractivity contribution in [3.8, 4) is 0 Å². The van der Waals surface area contributed by atoms with Crippen LogP contribution in [0.4, 0.5) is 4.39 Å². The minimum absolute atomic E-state index is 0.262. The van der Waals surface area contributed by atoms with E-state index in [1.165, 1.54) is 6.07 Å². The predicted molar refractivity (Wildman–Crippen MR) is 71.3 cm³/mol. The Labute approximate surface area is 111 Å². The molecule has 94 valence electrons. The largest absolute Gasteiger partial charge is 0.308 e. The Morgan fingerprint density at radius 2 is 2.11 bits per heavy atom. The van der Waals surface area contributed by atoms with Gasteiger partial charge in [-0.3, -0.25) is 4.98 Å². The molecule has 0 aliphatic rings. The first-order chi connectivity index (χ1) is 8.63. The lowest BCUT2D eigenvalue weighted by molar-refractivity contribution is 0.570. The summed E-state index contributed by atoms with van der Waals surface area (Å²) in [6, 6.07) is 8.17. The van der Waals surface area contributed by atoms with Crippen LogP contribution < -0.4 is 5.32 Å². The molecule has 1 N–H and O–H groups in total. The number of rotatable bonds is 3.